The Labute approximate surface area is 255 Å². The first kappa shape index (κ1) is 30.6. The van der Waals surface area contributed by atoms with E-state index in [1.807, 2.05) is 19.1 Å². The largest absolute Gasteiger partial charge is 0.493 e. The van der Waals surface area contributed by atoms with Crippen LogP contribution >= 0.6 is 33.9 Å². The van der Waals surface area contributed by atoms with Gasteiger partial charge in [-0.3, -0.25) is 9.36 Å². The van der Waals surface area contributed by atoms with Gasteiger partial charge in [0.2, 0.25) is 0 Å². The molecule has 218 valence electrons. The van der Waals surface area contributed by atoms with Gasteiger partial charge in [0.15, 0.2) is 27.8 Å². The Hall–Kier alpha value is -3.36. The van der Waals surface area contributed by atoms with Gasteiger partial charge in [-0.1, -0.05) is 23.5 Å². The second kappa shape index (κ2) is 13.5. The quantitative estimate of drug-likeness (QED) is 0.171. The summed E-state index contributed by atoms with van der Waals surface area (Å²) in [5.41, 5.74) is 1.68. The van der Waals surface area contributed by atoms with Crippen molar-refractivity contribution < 1.29 is 33.2 Å². The third kappa shape index (κ3) is 6.14. The number of rotatable bonds is 11. The number of aromatic nitrogens is 1. The number of para-hydroxylation sites is 1. The number of ether oxygens (including phenoxy) is 6. The van der Waals surface area contributed by atoms with E-state index in [0.29, 0.717) is 50.2 Å². The van der Waals surface area contributed by atoms with Crippen LogP contribution in [0.15, 0.2) is 51.4 Å². The fraction of sp³-hybridized carbons (Fsp3) is 0.345. The molecule has 2 heterocycles. The lowest BCUT2D eigenvalue weighted by Gasteiger charge is -2.27. The molecule has 1 aromatic heterocycles. The fourth-order valence-corrected chi connectivity index (χ4v) is 6.44. The monoisotopic (exact) mass is 694 g/mol. The summed E-state index contributed by atoms with van der Waals surface area (Å²) in [6.07, 6.45) is 1.77. The number of nitrogens with zero attached hydrogens (tertiary/aromatic N) is 2. The molecular weight excluding hydrogens is 663 g/mol. The lowest BCUT2D eigenvalue weighted by Crippen LogP contribution is -2.40. The maximum absolute atomic E-state index is 14.1. The predicted molar refractivity (Wildman–Crippen MR) is 163 cm³/mol. The van der Waals surface area contributed by atoms with Gasteiger partial charge in [-0.15, -0.1) is 0 Å². The minimum atomic E-state index is -0.870. The molecule has 0 saturated carbocycles. The smallest absolute Gasteiger partial charge is 0.338 e. The maximum atomic E-state index is 14.1. The molecule has 0 N–H and O–H groups in total. The molecule has 0 aliphatic carbocycles. The molecular formula is C29H31IN2O8S. The highest BCUT2D eigenvalue weighted by atomic mass is 127. The summed E-state index contributed by atoms with van der Waals surface area (Å²) in [6, 6.07) is 8.20. The predicted octanol–water partition coefficient (Wildman–Crippen LogP) is 3.45. The summed E-state index contributed by atoms with van der Waals surface area (Å²) in [5.74, 6) is 1.48. The Morgan fingerprint density at radius 1 is 1.07 bits per heavy atom. The molecule has 0 radical (unpaired) electrons. The van der Waals surface area contributed by atoms with Gasteiger partial charge in [0.05, 0.1) is 53.9 Å². The van der Waals surface area contributed by atoms with Crippen LogP contribution in [0.4, 0.5) is 0 Å². The molecule has 0 bridgehead atoms. The highest BCUT2D eigenvalue weighted by molar-refractivity contribution is 14.1. The van der Waals surface area contributed by atoms with Crippen LogP contribution in [0.5, 0.6) is 23.0 Å². The van der Waals surface area contributed by atoms with Crippen LogP contribution in [-0.2, 0) is 14.3 Å². The number of carbonyl (C=O) groups is 1. The van der Waals surface area contributed by atoms with Crippen molar-refractivity contribution in [2.24, 2.45) is 4.99 Å². The number of thiazole rings is 1. The molecule has 2 aromatic carbocycles. The second-order valence-corrected chi connectivity index (χ2v) is 10.9. The van der Waals surface area contributed by atoms with E-state index in [4.69, 9.17) is 28.4 Å². The zero-order valence-corrected chi connectivity index (χ0v) is 26.6. The third-order valence-corrected chi connectivity index (χ3v) is 8.11. The van der Waals surface area contributed by atoms with Crippen molar-refractivity contribution in [3.63, 3.8) is 0 Å². The van der Waals surface area contributed by atoms with Crippen LogP contribution in [0.1, 0.15) is 31.0 Å². The first-order valence-corrected chi connectivity index (χ1v) is 14.6. The lowest BCUT2D eigenvalue weighted by molar-refractivity contribution is -0.140. The molecule has 0 amide bonds. The number of halogens is 1. The van der Waals surface area contributed by atoms with Crippen molar-refractivity contribution in [2.45, 2.75) is 19.9 Å². The molecule has 0 fully saturated rings. The van der Waals surface area contributed by atoms with Crippen LogP contribution < -0.4 is 33.8 Å². The molecule has 0 unspecified atom stereocenters. The van der Waals surface area contributed by atoms with Crippen molar-refractivity contribution in [1.29, 1.82) is 0 Å². The summed E-state index contributed by atoms with van der Waals surface area (Å²) in [4.78, 5) is 32.6. The molecule has 41 heavy (non-hydrogen) atoms. The molecule has 4 rings (SSSR count). The van der Waals surface area contributed by atoms with Gasteiger partial charge < -0.3 is 28.4 Å². The van der Waals surface area contributed by atoms with Gasteiger partial charge in [-0.2, -0.15) is 0 Å². The first-order chi connectivity index (χ1) is 19.8. The van der Waals surface area contributed by atoms with Crippen molar-refractivity contribution in [1.82, 2.24) is 4.57 Å². The molecule has 1 atom stereocenters. The number of benzene rings is 2. The van der Waals surface area contributed by atoms with Gasteiger partial charge in [0.1, 0.15) is 12.6 Å². The van der Waals surface area contributed by atoms with E-state index in [2.05, 4.69) is 27.6 Å². The van der Waals surface area contributed by atoms with Gasteiger partial charge in [0, 0.05) is 12.7 Å². The minimum Gasteiger partial charge on any atom is -0.493 e. The van der Waals surface area contributed by atoms with Crippen molar-refractivity contribution in [3.05, 3.63) is 76.0 Å². The topological polar surface area (TPSA) is 107 Å². The van der Waals surface area contributed by atoms with E-state index >= 15 is 0 Å². The number of hydrogen-bond donors (Lipinski definition) is 0. The van der Waals surface area contributed by atoms with Gasteiger partial charge in [-0.05, 0) is 66.3 Å². The Kier molecular flexibility index (Phi) is 10.1. The van der Waals surface area contributed by atoms with E-state index in [9.17, 15) is 9.59 Å². The van der Waals surface area contributed by atoms with E-state index < -0.39 is 12.0 Å². The minimum absolute atomic E-state index is 0.0532. The lowest BCUT2D eigenvalue weighted by atomic mass is 9.94. The average Bonchev–Trinajstić information content (AvgIpc) is 3.26. The molecule has 1 aliphatic rings. The zero-order chi connectivity index (χ0) is 29.7. The van der Waals surface area contributed by atoms with Crippen LogP contribution in [0, 0.1) is 3.57 Å². The summed E-state index contributed by atoms with van der Waals surface area (Å²) in [6.45, 7) is 4.22. The Bertz CT molecular complexity index is 1660. The standard InChI is InChI=1S/C29H31IN2O8S/c1-7-39-25-18(9-8-10-20(25)36-4)24-23(28(34)40-12-11-35-3)16(2)31-29-32(24)27(33)22(41-29)15-17-13-19(30)26(38-6)21(14-17)37-5/h8-10,13-15,24H,7,11-12H2,1-6H3/b22-15+/t24-/m0/s1. The summed E-state index contributed by atoms with van der Waals surface area (Å²) in [5, 5.41) is 0. The SMILES string of the molecule is CCOc1c(OC)cccc1[C@H]1C(C(=O)OCCOC)=C(C)N=c2s/c(=C/c3cc(I)c(OC)c(OC)c3)c(=O)n21. The van der Waals surface area contributed by atoms with E-state index in [0.717, 1.165) is 9.13 Å². The highest BCUT2D eigenvalue weighted by Crippen LogP contribution is 2.41. The Morgan fingerprint density at radius 3 is 2.49 bits per heavy atom. The molecule has 3 aromatic rings. The van der Waals surface area contributed by atoms with Crippen LogP contribution in [0.25, 0.3) is 6.08 Å². The summed E-state index contributed by atoms with van der Waals surface area (Å²) >= 11 is 3.39. The fourth-order valence-electron chi connectivity index (χ4n) is 4.55. The molecule has 0 spiro atoms. The number of esters is 1. The maximum Gasteiger partial charge on any atom is 0.338 e. The Balaban J connectivity index is 1.97. The summed E-state index contributed by atoms with van der Waals surface area (Å²) < 4.78 is 35.9. The molecule has 1 aliphatic heterocycles. The number of carbonyl (C=O) groups excluding carboxylic acids is 1. The van der Waals surface area contributed by atoms with Crippen molar-refractivity contribution in [2.75, 3.05) is 48.3 Å². The van der Waals surface area contributed by atoms with Crippen molar-refractivity contribution in [3.8, 4) is 23.0 Å². The van der Waals surface area contributed by atoms with Gasteiger partial charge in [0.25, 0.3) is 5.56 Å². The first-order valence-electron chi connectivity index (χ1n) is 12.7. The third-order valence-electron chi connectivity index (χ3n) is 6.33. The van der Waals surface area contributed by atoms with Crippen LogP contribution in [0.2, 0.25) is 0 Å². The van der Waals surface area contributed by atoms with E-state index in [1.165, 1.54) is 23.0 Å². The molecule has 12 heteroatoms. The van der Waals surface area contributed by atoms with Gasteiger partial charge >= 0.3 is 5.97 Å². The normalized spacial score (nSPS) is 14.8. The number of allylic oxidation sites excluding steroid dienone is 1. The van der Waals surface area contributed by atoms with Crippen molar-refractivity contribution >= 4 is 46.0 Å². The number of fused-ring (bicyclic) bond motifs is 1. The molecule has 0 saturated heterocycles. The zero-order valence-electron chi connectivity index (χ0n) is 23.6. The number of methoxy groups -OCH3 is 4. The van der Waals surface area contributed by atoms with Gasteiger partial charge in [-0.25, -0.2) is 9.79 Å². The molecule has 10 nitrogen and oxygen atoms in total. The van der Waals surface area contributed by atoms with Crippen LogP contribution in [-0.4, -0.2) is 58.8 Å². The van der Waals surface area contributed by atoms with E-state index in [-0.39, 0.29) is 24.3 Å². The second-order valence-electron chi connectivity index (χ2n) is 8.76. The van der Waals surface area contributed by atoms with Crippen LogP contribution in [0.3, 0.4) is 0 Å². The summed E-state index contributed by atoms with van der Waals surface area (Å²) in [7, 11) is 6.20. The van der Waals surface area contributed by atoms with E-state index in [1.54, 1.807) is 52.5 Å². The Morgan fingerprint density at radius 2 is 1.83 bits per heavy atom. The average molecular weight is 695 g/mol. The number of hydrogen-bond acceptors (Lipinski definition) is 10. The highest BCUT2D eigenvalue weighted by Gasteiger charge is 2.36.